The van der Waals surface area contributed by atoms with Gasteiger partial charge in [-0.15, -0.1) is 0 Å². The van der Waals surface area contributed by atoms with Gasteiger partial charge in [0, 0.05) is 6.42 Å². The molecule has 0 amide bonds. The van der Waals surface area contributed by atoms with Gasteiger partial charge in [0.15, 0.2) is 11.0 Å². The fourth-order valence-corrected chi connectivity index (χ4v) is 6.84. The van der Waals surface area contributed by atoms with Gasteiger partial charge in [0.1, 0.15) is 24.4 Å². The van der Waals surface area contributed by atoms with Crippen molar-refractivity contribution >= 4 is 47.8 Å². The molecule has 17 nitrogen and oxygen atoms in total. The zero-order valence-corrected chi connectivity index (χ0v) is 22.4. The summed E-state index contributed by atoms with van der Waals surface area (Å²) in [7, 11) is 2.63. The molecule has 2 aliphatic heterocycles. The Labute approximate surface area is 230 Å². The van der Waals surface area contributed by atoms with E-state index in [-0.39, 0.29) is 6.42 Å². The number of fused-ring (bicyclic) bond motifs is 2. The van der Waals surface area contributed by atoms with Gasteiger partial charge in [-0.3, -0.25) is 4.79 Å². The number of esters is 8. The van der Waals surface area contributed by atoms with E-state index < -0.39 is 107 Å². The Bertz CT molecular complexity index is 1260. The third-order valence-corrected chi connectivity index (χ3v) is 8.80. The first-order chi connectivity index (χ1) is 19.1. The van der Waals surface area contributed by atoms with E-state index in [4.69, 9.17) is 23.7 Å². The summed E-state index contributed by atoms with van der Waals surface area (Å²) in [6, 6.07) is 0. The molecule has 2 bridgehead atoms. The Kier molecular flexibility index (Phi) is 7.01. The molecule has 4 rings (SSSR count). The highest BCUT2D eigenvalue weighted by Gasteiger charge is 2.92. The number of aliphatic hydroxyl groups is 1. The monoisotopic (exact) mass is 586 g/mol. The summed E-state index contributed by atoms with van der Waals surface area (Å²) >= 11 is 0. The molecule has 1 N–H and O–H groups in total. The molecule has 4 aliphatic rings. The number of ether oxygens (including phenoxy) is 8. The van der Waals surface area contributed by atoms with Crippen molar-refractivity contribution in [3.63, 3.8) is 0 Å². The molecule has 2 aliphatic carbocycles. The van der Waals surface area contributed by atoms with Gasteiger partial charge in [-0.25, -0.2) is 33.6 Å². The van der Waals surface area contributed by atoms with Crippen LogP contribution in [0.2, 0.25) is 0 Å². The summed E-state index contributed by atoms with van der Waals surface area (Å²) in [5, 5.41) is 12.8. The van der Waals surface area contributed by atoms with Crippen LogP contribution in [0.15, 0.2) is 0 Å². The maximum atomic E-state index is 13.5. The first-order valence-electron chi connectivity index (χ1n) is 12.1. The molecule has 2 heterocycles. The second-order valence-corrected chi connectivity index (χ2v) is 10.2. The molecule has 0 unspecified atom stereocenters. The van der Waals surface area contributed by atoms with E-state index in [0.29, 0.717) is 0 Å². The largest absolute Gasteiger partial charge is 0.463 e. The van der Waals surface area contributed by atoms with Crippen molar-refractivity contribution in [1.82, 2.24) is 0 Å². The van der Waals surface area contributed by atoms with Crippen LogP contribution in [0, 0.1) is 16.7 Å². The van der Waals surface area contributed by atoms with Crippen molar-refractivity contribution in [3.05, 3.63) is 0 Å². The third kappa shape index (κ3) is 3.57. The van der Waals surface area contributed by atoms with E-state index >= 15 is 0 Å². The van der Waals surface area contributed by atoms with Crippen LogP contribution >= 0.6 is 0 Å². The van der Waals surface area contributed by atoms with E-state index in [1.807, 2.05) is 0 Å². The smallest absolute Gasteiger partial charge is 0.418 e. The van der Waals surface area contributed by atoms with Crippen LogP contribution in [0.3, 0.4) is 0 Å². The van der Waals surface area contributed by atoms with Gasteiger partial charge in [-0.2, -0.15) is 0 Å². The average molecular weight is 586 g/mol. The fraction of sp³-hybridized carbons (Fsp3) is 0.667. The number of carbonyl (C=O) groups is 8. The zero-order valence-electron chi connectivity index (χ0n) is 22.4. The Morgan fingerprint density at radius 2 is 1.39 bits per heavy atom. The van der Waals surface area contributed by atoms with Crippen LogP contribution in [0.5, 0.6) is 0 Å². The molecule has 224 valence electrons. The molecule has 0 aromatic rings. The van der Waals surface area contributed by atoms with Crippen molar-refractivity contribution in [1.29, 1.82) is 0 Å². The number of rotatable bonds is 3. The Morgan fingerprint density at radius 3 is 1.88 bits per heavy atom. The molecule has 0 aromatic heterocycles. The van der Waals surface area contributed by atoms with Crippen molar-refractivity contribution in [2.45, 2.75) is 56.2 Å². The van der Waals surface area contributed by atoms with Gasteiger partial charge in [-0.1, -0.05) is 6.92 Å². The summed E-state index contributed by atoms with van der Waals surface area (Å²) in [4.78, 5) is 100. The lowest BCUT2D eigenvalue weighted by molar-refractivity contribution is -0.372. The summed E-state index contributed by atoms with van der Waals surface area (Å²) < 4.78 is 39.5. The van der Waals surface area contributed by atoms with Gasteiger partial charge < -0.3 is 43.0 Å². The van der Waals surface area contributed by atoms with Gasteiger partial charge in [-0.05, 0) is 19.3 Å². The van der Waals surface area contributed by atoms with Gasteiger partial charge >= 0.3 is 47.8 Å². The summed E-state index contributed by atoms with van der Waals surface area (Å²) in [6.45, 7) is 1.82. The van der Waals surface area contributed by atoms with Crippen LogP contribution in [-0.4, -0.2) is 110 Å². The summed E-state index contributed by atoms with van der Waals surface area (Å²) in [5.74, 6) is -12.9. The van der Waals surface area contributed by atoms with E-state index in [2.05, 4.69) is 14.2 Å². The maximum Gasteiger partial charge on any atom is 0.418 e. The minimum Gasteiger partial charge on any atom is -0.463 e. The third-order valence-electron chi connectivity index (χ3n) is 8.80. The van der Waals surface area contributed by atoms with Crippen LogP contribution in [0.1, 0.15) is 26.7 Å². The molecule has 8 atom stereocenters. The predicted molar refractivity (Wildman–Crippen MR) is 119 cm³/mol. The highest BCUT2D eigenvalue weighted by molar-refractivity contribution is 6.30. The number of methoxy groups -OCH3 is 3. The topological polar surface area (TPSA) is 231 Å². The Hall–Kier alpha value is -4.28. The average Bonchev–Trinajstić information content (AvgIpc) is 3.13. The van der Waals surface area contributed by atoms with Crippen molar-refractivity contribution in [2.75, 3.05) is 27.9 Å². The lowest BCUT2D eigenvalue weighted by Crippen LogP contribution is -2.88. The standard InChI is InChI=1S/C24H26O17/c1-9-6-10(38-17(29)14(26)34-3)24(33)22(9)7-11(39-13(25)12(22)40-18(30)15(27)35-4)21(2,23(24)8-37-20(23)32)41-19(31)16(28)36-5/h9-12,33H,6-8H2,1-5H3/t9-,10-,11-,12+,21+,22+,23+,24-/m1/s1. The van der Waals surface area contributed by atoms with Crippen LogP contribution in [0.25, 0.3) is 0 Å². The van der Waals surface area contributed by atoms with E-state index in [0.717, 1.165) is 28.3 Å². The molecule has 4 fully saturated rings. The minimum absolute atomic E-state index is 0.346. The highest BCUT2D eigenvalue weighted by Crippen LogP contribution is 2.73. The predicted octanol–water partition coefficient (Wildman–Crippen LogP) is -2.74. The zero-order chi connectivity index (χ0) is 30.7. The molecule has 2 saturated heterocycles. The molecular weight excluding hydrogens is 560 g/mol. The number of hydrogen-bond donors (Lipinski definition) is 1. The molecule has 0 radical (unpaired) electrons. The van der Waals surface area contributed by atoms with Crippen molar-refractivity contribution in [2.24, 2.45) is 16.7 Å². The molecule has 2 spiro atoms. The molecular formula is C24H26O17. The van der Waals surface area contributed by atoms with Crippen LogP contribution < -0.4 is 0 Å². The lowest BCUT2D eigenvalue weighted by atomic mass is 9.41. The molecule has 41 heavy (non-hydrogen) atoms. The fourth-order valence-electron chi connectivity index (χ4n) is 6.84. The number of cyclic esters (lactones) is 1. The lowest BCUT2D eigenvalue weighted by Gasteiger charge is -2.69. The minimum atomic E-state index is -2.82. The van der Waals surface area contributed by atoms with Crippen molar-refractivity contribution in [3.8, 4) is 0 Å². The Morgan fingerprint density at radius 1 is 0.854 bits per heavy atom. The summed E-state index contributed by atoms with van der Waals surface area (Å²) in [6.07, 6.45) is -6.36. The number of hydrogen-bond acceptors (Lipinski definition) is 17. The quantitative estimate of drug-likeness (QED) is 0.201. The van der Waals surface area contributed by atoms with Gasteiger partial charge in [0.2, 0.25) is 6.10 Å². The first-order valence-corrected chi connectivity index (χ1v) is 12.1. The number of carbonyl (C=O) groups excluding carboxylic acids is 8. The van der Waals surface area contributed by atoms with Crippen LogP contribution in [-0.2, 0) is 76.3 Å². The second kappa shape index (κ2) is 9.67. The molecule has 0 aromatic carbocycles. The summed E-state index contributed by atoms with van der Waals surface area (Å²) in [5.41, 5.74) is -9.72. The van der Waals surface area contributed by atoms with Crippen molar-refractivity contribution < 1.29 is 81.4 Å². The van der Waals surface area contributed by atoms with Gasteiger partial charge in [0.05, 0.1) is 26.7 Å². The molecule has 2 saturated carbocycles. The Balaban J connectivity index is 1.97. The molecule has 17 heteroatoms. The first kappa shape index (κ1) is 29.7. The SMILES string of the molecule is COC(=O)C(=O)O[C@H]1C(=O)O[C@@H]2C[C@]13[C@H](C)C[C@@H](OC(=O)C(=O)OC)[C@]3(O)[C@]1(COC1=O)[C@@]2(C)OC(=O)C(=O)OC. The maximum absolute atomic E-state index is 13.5. The highest BCUT2D eigenvalue weighted by atomic mass is 16.7. The van der Waals surface area contributed by atoms with E-state index in [1.54, 1.807) is 0 Å². The normalized spacial score (nSPS) is 38.2. The van der Waals surface area contributed by atoms with Crippen LogP contribution in [0.4, 0.5) is 0 Å². The van der Waals surface area contributed by atoms with Gasteiger partial charge in [0.25, 0.3) is 0 Å². The van der Waals surface area contributed by atoms with E-state index in [9.17, 15) is 43.5 Å². The van der Waals surface area contributed by atoms with E-state index in [1.165, 1.54) is 6.92 Å². The second-order valence-electron chi connectivity index (χ2n) is 10.2.